The summed E-state index contributed by atoms with van der Waals surface area (Å²) >= 11 is 0. The Morgan fingerprint density at radius 2 is 1.46 bits per heavy atom. The molecule has 37 heavy (non-hydrogen) atoms. The number of guanidine groups is 1. The van der Waals surface area contributed by atoms with E-state index in [4.69, 9.17) is 43.9 Å². The van der Waals surface area contributed by atoms with Crippen molar-refractivity contribution in [3.8, 4) is 0 Å². The SMILES string of the molecule is NCCCCCCCN(CC(=O)NC(CCCCN)COC(N)=O)C(=O)OCC(N)CCCN=C(N)N. The number of carbonyl (C=O) groups is 3. The lowest BCUT2D eigenvalue weighted by atomic mass is 10.1. The first-order valence-electron chi connectivity index (χ1n) is 13.0. The zero-order valence-corrected chi connectivity index (χ0v) is 22.1. The number of hydrogen-bond acceptors (Lipinski definition) is 9. The van der Waals surface area contributed by atoms with E-state index in [1.54, 1.807) is 0 Å². The van der Waals surface area contributed by atoms with E-state index in [0.29, 0.717) is 51.9 Å². The first-order valence-corrected chi connectivity index (χ1v) is 13.0. The molecule has 2 atom stereocenters. The highest BCUT2D eigenvalue weighted by Gasteiger charge is 2.21. The minimum absolute atomic E-state index is 0.00341. The van der Waals surface area contributed by atoms with Gasteiger partial charge < -0.3 is 49.2 Å². The quantitative estimate of drug-likeness (QED) is 0.0531. The molecule has 0 aliphatic carbocycles. The third kappa shape index (κ3) is 21.0. The maximum absolute atomic E-state index is 12.8. The average molecular weight is 532 g/mol. The van der Waals surface area contributed by atoms with Gasteiger partial charge in [0, 0.05) is 19.1 Å². The second-order valence-electron chi connectivity index (χ2n) is 8.94. The van der Waals surface area contributed by atoms with Crippen molar-refractivity contribution in [3.63, 3.8) is 0 Å². The number of unbranched alkanes of at least 4 members (excludes halogenated alkanes) is 5. The highest BCUT2D eigenvalue weighted by molar-refractivity contribution is 5.82. The lowest BCUT2D eigenvalue weighted by Gasteiger charge is -2.24. The molecule has 14 nitrogen and oxygen atoms in total. The molecule has 0 radical (unpaired) electrons. The van der Waals surface area contributed by atoms with Gasteiger partial charge in [0.2, 0.25) is 5.91 Å². The molecule has 2 unspecified atom stereocenters. The van der Waals surface area contributed by atoms with Crippen LogP contribution in [-0.4, -0.2) is 87.0 Å². The van der Waals surface area contributed by atoms with Gasteiger partial charge in [0.25, 0.3) is 0 Å². The Kier molecular flexibility index (Phi) is 20.6. The van der Waals surface area contributed by atoms with Gasteiger partial charge in [-0.2, -0.15) is 0 Å². The van der Waals surface area contributed by atoms with Gasteiger partial charge in [-0.15, -0.1) is 0 Å². The Labute approximate surface area is 220 Å². The molecule has 0 spiro atoms. The number of aliphatic imine (C=N–C) groups is 1. The van der Waals surface area contributed by atoms with Crippen molar-refractivity contribution in [1.29, 1.82) is 0 Å². The van der Waals surface area contributed by atoms with Crippen LogP contribution in [0.2, 0.25) is 0 Å². The van der Waals surface area contributed by atoms with Crippen molar-refractivity contribution < 1.29 is 23.9 Å². The normalized spacial score (nSPS) is 12.3. The smallest absolute Gasteiger partial charge is 0.410 e. The highest BCUT2D eigenvalue weighted by Crippen LogP contribution is 2.07. The van der Waals surface area contributed by atoms with E-state index < -0.39 is 24.1 Å². The lowest BCUT2D eigenvalue weighted by molar-refractivity contribution is -0.123. The fourth-order valence-corrected chi connectivity index (χ4v) is 3.49. The van der Waals surface area contributed by atoms with E-state index in [0.717, 1.165) is 38.5 Å². The summed E-state index contributed by atoms with van der Waals surface area (Å²) in [7, 11) is 0. The number of amides is 3. The van der Waals surface area contributed by atoms with Gasteiger partial charge >= 0.3 is 12.2 Å². The van der Waals surface area contributed by atoms with Gasteiger partial charge in [-0.05, 0) is 51.6 Å². The van der Waals surface area contributed by atoms with E-state index in [2.05, 4.69) is 10.3 Å². The van der Waals surface area contributed by atoms with E-state index in [1.165, 1.54) is 4.90 Å². The van der Waals surface area contributed by atoms with E-state index in [1.807, 2.05) is 0 Å². The van der Waals surface area contributed by atoms with Gasteiger partial charge in [0.1, 0.15) is 19.8 Å². The van der Waals surface area contributed by atoms with Crippen LogP contribution in [0.15, 0.2) is 4.99 Å². The minimum atomic E-state index is -0.924. The molecule has 0 aliphatic heterocycles. The molecule has 0 rings (SSSR count). The zero-order valence-electron chi connectivity index (χ0n) is 22.1. The Hall–Kier alpha value is -2.84. The van der Waals surface area contributed by atoms with Crippen LogP contribution in [0, 0.1) is 0 Å². The Morgan fingerprint density at radius 1 is 0.811 bits per heavy atom. The summed E-state index contributed by atoms with van der Waals surface area (Å²) in [5, 5.41) is 2.81. The topological polar surface area (TPSA) is 253 Å². The number of nitrogens with zero attached hydrogens (tertiary/aromatic N) is 2. The van der Waals surface area contributed by atoms with E-state index >= 15 is 0 Å². The number of ether oxygens (including phenoxy) is 2. The minimum Gasteiger partial charge on any atom is -0.448 e. The van der Waals surface area contributed by atoms with E-state index in [-0.39, 0.29) is 31.8 Å². The summed E-state index contributed by atoms with van der Waals surface area (Å²) in [6, 6.07) is -0.831. The van der Waals surface area contributed by atoms with Crippen LogP contribution in [0.3, 0.4) is 0 Å². The largest absolute Gasteiger partial charge is 0.448 e. The Balaban J connectivity index is 4.91. The summed E-state index contributed by atoms with van der Waals surface area (Å²) in [5.41, 5.74) is 32.7. The molecule has 0 aliphatic rings. The maximum Gasteiger partial charge on any atom is 0.410 e. The van der Waals surface area contributed by atoms with Crippen LogP contribution in [0.5, 0.6) is 0 Å². The number of primary amides is 1. The lowest BCUT2D eigenvalue weighted by Crippen LogP contribution is -2.47. The van der Waals surface area contributed by atoms with Crippen molar-refractivity contribution in [1.82, 2.24) is 10.2 Å². The Morgan fingerprint density at radius 3 is 2.11 bits per heavy atom. The molecule has 0 saturated carbocycles. The van der Waals surface area contributed by atoms with Crippen LogP contribution in [0.4, 0.5) is 9.59 Å². The van der Waals surface area contributed by atoms with Crippen molar-refractivity contribution in [2.24, 2.45) is 39.4 Å². The third-order valence-electron chi connectivity index (χ3n) is 5.47. The molecule has 14 heteroatoms. The summed E-state index contributed by atoms with van der Waals surface area (Å²) < 4.78 is 10.2. The summed E-state index contributed by atoms with van der Waals surface area (Å²) in [6.45, 7) is 1.69. The zero-order chi connectivity index (χ0) is 27.9. The second-order valence-corrected chi connectivity index (χ2v) is 8.94. The average Bonchev–Trinajstić information content (AvgIpc) is 2.84. The summed E-state index contributed by atoms with van der Waals surface area (Å²) in [6.07, 6.45) is 6.27. The van der Waals surface area contributed by atoms with Crippen LogP contribution in [-0.2, 0) is 14.3 Å². The molecule has 0 heterocycles. The monoisotopic (exact) mass is 531 g/mol. The molecule has 0 aromatic rings. The number of nitrogens with two attached hydrogens (primary N) is 6. The number of rotatable bonds is 22. The Bertz CT molecular complexity index is 663. The maximum atomic E-state index is 12.8. The number of nitrogens with one attached hydrogen (secondary N) is 1. The predicted octanol–water partition coefficient (Wildman–Crippen LogP) is -0.576. The molecule has 0 fully saturated rings. The van der Waals surface area contributed by atoms with E-state index in [9.17, 15) is 14.4 Å². The van der Waals surface area contributed by atoms with Crippen LogP contribution in [0.1, 0.15) is 64.2 Å². The van der Waals surface area contributed by atoms with Gasteiger partial charge in [0.15, 0.2) is 5.96 Å². The first-order chi connectivity index (χ1) is 17.7. The number of carbonyl (C=O) groups excluding carboxylic acids is 3. The van der Waals surface area contributed by atoms with Crippen molar-refractivity contribution in [3.05, 3.63) is 0 Å². The predicted molar refractivity (Wildman–Crippen MR) is 143 cm³/mol. The highest BCUT2D eigenvalue weighted by atomic mass is 16.6. The standard InChI is InChI=1S/C23H49N9O5/c24-11-5-2-1-3-7-14-32(23(35)37-16-18(26)9-8-13-30-21(27)28)15-20(33)31-19(10-4-6-12-25)17-36-22(29)34/h18-19H,1-17,24-26H2,(H2,29,34)(H,31,33)(H4,27,28,30). The molecule has 0 bridgehead atoms. The van der Waals surface area contributed by atoms with Crippen LogP contribution in [0.25, 0.3) is 0 Å². The fraction of sp³-hybridized carbons (Fsp3) is 0.826. The molecular weight excluding hydrogens is 482 g/mol. The first kappa shape index (κ1) is 34.2. The van der Waals surface area contributed by atoms with Crippen LogP contribution >= 0.6 is 0 Å². The molecule has 216 valence electrons. The van der Waals surface area contributed by atoms with Gasteiger partial charge in [-0.1, -0.05) is 25.7 Å². The molecule has 0 saturated heterocycles. The van der Waals surface area contributed by atoms with Gasteiger partial charge in [0.05, 0.1) is 6.04 Å². The fourth-order valence-electron chi connectivity index (χ4n) is 3.49. The van der Waals surface area contributed by atoms with Crippen molar-refractivity contribution in [2.75, 3.05) is 45.9 Å². The van der Waals surface area contributed by atoms with Gasteiger partial charge in [-0.3, -0.25) is 14.7 Å². The second kappa shape index (κ2) is 22.4. The van der Waals surface area contributed by atoms with Gasteiger partial charge in [-0.25, -0.2) is 9.59 Å². The summed E-state index contributed by atoms with van der Waals surface area (Å²) in [4.78, 5) is 41.8. The molecule has 0 aromatic carbocycles. The van der Waals surface area contributed by atoms with Crippen molar-refractivity contribution >= 4 is 24.1 Å². The molecular formula is C23H49N9O5. The molecule has 13 N–H and O–H groups in total. The molecule has 3 amide bonds. The molecule has 0 aromatic heterocycles. The van der Waals surface area contributed by atoms with Crippen molar-refractivity contribution in [2.45, 2.75) is 76.3 Å². The summed E-state index contributed by atoms with van der Waals surface area (Å²) in [5.74, 6) is -0.382. The van der Waals surface area contributed by atoms with Crippen LogP contribution < -0.4 is 39.7 Å². The third-order valence-corrected chi connectivity index (χ3v) is 5.47. The number of hydrogen-bond donors (Lipinski definition) is 7.